The molecule has 0 saturated carbocycles. The number of carbonyl (C=O) groups is 1. The van der Waals surface area contributed by atoms with Gasteiger partial charge in [0, 0.05) is 10.8 Å². The molecule has 0 aliphatic rings. The Morgan fingerprint density at radius 1 is 1.08 bits per heavy atom. The lowest BCUT2D eigenvalue weighted by Crippen LogP contribution is -2.39. The minimum atomic E-state index is -5.90. The summed E-state index contributed by atoms with van der Waals surface area (Å²) < 4.78 is 64.3. The molecular weight excluding hydrogens is 350 g/mol. The molecule has 0 amide bonds. The summed E-state index contributed by atoms with van der Waals surface area (Å²) in [6.45, 7) is -1.01. The van der Waals surface area contributed by atoms with Crippen LogP contribution >= 0.6 is 0 Å². The number of hydrogen-bond donors (Lipinski definition) is 2. The average molecular weight is 362 g/mol. The number of carbonyl (C=O) groups excluding carboxylic acids is 1. The first kappa shape index (κ1) is 17.9. The first-order chi connectivity index (χ1) is 11.1. The maximum atomic E-state index is 12.9. The van der Waals surface area contributed by atoms with Gasteiger partial charge in [-0.15, -0.1) is 0 Å². The monoisotopic (exact) mass is 362 g/mol. The average Bonchev–Trinajstić information content (AvgIpc) is 2.51. The molecule has 2 aromatic rings. The molecule has 0 unspecified atom stereocenters. The second-order valence-corrected chi connectivity index (χ2v) is 6.07. The number of phenols is 1. The van der Waals surface area contributed by atoms with Crippen molar-refractivity contribution in [3.05, 3.63) is 36.4 Å². The number of esters is 1. The van der Waals surface area contributed by atoms with Gasteiger partial charge in [0.05, 0.1) is 0 Å². The van der Waals surface area contributed by atoms with Gasteiger partial charge in [-0.1, -0.05) is 24.3 Å². The van der Waals surface area contributed by atoms with Gasteiger partial charge in [-0.3, -0.25) is 4.55 Å². The van der Waals surface area contributed by atoms with Crippen molar-refractivity contribution in [1.29, 1.82) is 0 Å². The van der Waals surface area contributed by atoms with Crippen LogP contribution in [0.15, 0.2) is 36.4 Å². The van der Waals surface area contributed by atoms with Gasteiger partial charge < -0.3 is 14.6 Å². The zero-order valence-corrected chi connectivity index (χ0v) is 12.8. The van der Waals surface area contributed by atoms with Crippen molar-refractivity contribution in [1.82, 2.24) is 0 Å². The van der Waals surface area contributed by atoms with Crippen molar-refractivity contribution in [3.8, 4) is 11.5 Å². The Hall–Kier alpha value is -2.46. The number of hydrogen-bond acceptors (Lipinski definition) is 6. The van der Waals surface area contributed by atoms with Crippen LogP contribution in [0.1, 0.15) is 0 Å². The number of phenolic OH excluding ortho intramolecular Hbond substituents is 1. The summed E-state index contributed by atoms with van der Waals surface area (Å²) in [5.41, 5.74) is 0. The molecule has 0 atom stereocenters. The van der Waals surface area contributed by atoms with Crippen molar-refractivity contribution in [2.75, 3.05) is 13.2 Å². The van der Waals surface area contributed by atoms with E-state index < -0.39 is 27.9 Å². The summed E-state index contributed by atoms with van der Waals surface area (Å²) in [6.07, 6.45) is 0. The molecular formula is C14H12F2O7S. The fourth-order valence-electron chi connectivity index (χ4n) is 1.87. The standard InChI is InChI=1S/C14H12F2O7S/c15-14(16,24(19,20)21)13(18)23-8-7-22-12-6-2-3-9-10(12)4-1-5-11(9)17/h1-6,17H,7-8H2,(H,19,20,21). The summed E-state index contributed by atoms with van der Waals surface area (Å²) in [5, 5.41) is 5.73. The lowest BCUT2D eigenvalue weighted by Gasteiger charge is -2.13. The molecule has 7 nitrogen and oxygen atoms in total. The van der Waals surface area contributed by atoms with Gasteiger partial charge in [0.2, 0.25) is 0 Å². The second kappa shape index (κ2) is 6.57. The van der Waals surface area contributed by atoms with E-state index in [1.807, 2.05) is 0 Å². The predicted octanol–water partition coefficient (Wildman–Crippen LogP) is 1.95. The quantitative estimate of drug-likeness (QED) is 0.459. The summed E-state index contributed by atoms with van der Waals surface area (Å²) in [4.78, 5) is 11.0. The Morgan fingerprint density at radius 2 is 1.71 bits per heavy atom. The Kier molecular flexibility index (Phi) is 4.90. The fraction of sp³-hybridized carbons (Fsp3) is 0.214. The van der Waals surface area contributed by atoms with E-state index in [0.717, 1.165) is 0 Å². The molecule has 0 saturated heterocycles. The molecule has 0 fully saturated rings. The van der Waals surface area contributed by atoms with Gasteiger partial charge in [0.15, 0.2) is 0 Å². The fourth-order valence-corrected chi connectivity index (χ4v) is 2.14. The topological polar surface area (TPSA) is 110 Å². The van der Waals surface area contributed by atoms with E-state index in [1.165, 1.54) is 6.07 Å². The number of benzene rings is 2. The van der Waals surface area contributed by atoms with Crippen molar-refractivity contribution in [2.24, 2.45) is 0 Å². The molecule has 0 aliphatic heterocycles. The van der Waals surface area contributed by atoms with Gasteiger partial charge >= 0.3 is 21.3 Å². The molecule has 10 heteroatoms. The number of halogens is 2. The van der Waals surface area contributed by atoms with Crippen molar-refractivity contribution in [2.45, 2.75) is 5.25 Å². The normalized spacial score (nSPS) is 12.1. The lowest BCUT2D eigenvalue weighted by atomic mass is 10.1. The smallest absolute Gasteiger partial charge is 0.465 e. The first-order valence-corrected chi connectivity index (χ1v) is 7.94. The molecule has 0 aromatic heterocycles. The van der Waals surface area contributed by atoms with Crippen molar-refractivity contribution < 1.29 is 41.1 Å². The van der Waals surface area contributed by atoms with Gasteiger partial charge in [-0.2, -0.15) is 17.2 Å². The van der Waals surface area contributed by atoms with Crippen molar-refractivity contribution in [3.63, 3.8) is 0 Å². The first-order valence-electron chi connectivity index (χ1n) is 6.50. The maximum Gasteiger partial charge on any atom is 0.465 e. The van der Waals surface area contributed by atoms with Crippen LogP contribution in [0.5, 0.6) is 11.5 Å². The molecule has 0 heterocycles. The molecule has 0 radical (unpaired) electrons. The molecule has 24 heavy (non-hydrogen) atoms. The minimum absolute atomic E-state index is 0.0252. The van der Waals surface area contributed by atoms with Crippen LogP contribution in [-0.2, 0) is 19.6 Å². The largest absolute Gasteiger partial charge is 0.507 e. The van der Waals surface area contributed by atoms with Crippen LogP contribution in [0.2, 0.25) is 0 Å². The highest BCUT2D eigenvalue weighted by atomic mass is 32.2. The zero-order chi connectivity index (χ0) is 18.0. The Morgan fingerprint density at radius 3 is 2.38 bits per heavy atom. The van der Waals surface area contributed by atoms with E-state index in [-0.39, 0.29) is 12.4 Å². The highest BCUT2D eigenvalue weighted by Crippen LogP contribution is 2.31. The van der Waals surface area contributed by atoms with E-state index in [2.05, 4.69) is 4.74 Å². The van der Waals surface area contributed by atoms with Gasteiger partial charge in [-0.05, 0) is 12.1 Å². The Balaban J connectivity index is 1.99. The number of aromatic hydroxyl groups is 1. The van der Waals surface area contributed by atoms with E-state index in [9.17, 15) is 27.1 Å². The number of ether oxygens (including phenoxy) is 2. The third-order valence-electron chi connectivity index (χ3n) is 2.99. The predicted molar refractivity (Wildman–Crippen MR) is 78.6 cm³/mol. The van der Waals surface area contributed by atoms with E-state index in [4.69, 9.17) is 9.29 Å². The van der Waals surface area contributed by atoms with Crippen LogP contribution in [0.3, 0.4) is 0 Å². The van der Waals surface area contributed by atoms with Gasteiger partial charge in [0.1, 0.15) is 24.7 Å². The summed E-state index contributed by atoms with van der Waals surface area (Å²) in [6, 6.07) is 9.50. The van der Waals surface area contributed by atoms with Gasteiger partial charge in [-0.25, -0.2) is 4.79 Å². The third-order valence-corrected chi connectivity index (χ3v) is 3.81. The lowest BCUT2D eigenvalue weighted by molar-refractivity contribution is -0.162. The van der Waals surface area contributed by atoms with Crippen molar-refractivity contribution >= 4 is 26.9 Å². The molecule has 0 aliphatic carbocycles. The summed E-state index contributed by atoms with van der Waals surface area (Å²) in [7, 11) is -5.90. The second-order valence-electron chi connectivity index (χ2n) is 4.60. The molecule has 0 spiro atoms. The molecule has 2 N–H and O–H groups in total. The summed E-state index contributed by atoms with van der Waals surface area (Å²) in [5.74, 6) is -2.07. The van der Waals surface area contributed by atoms with Crippen LogP contribution in [-0.4, -0.2) is 42.5 Å². The van der Waals surface area contributed by atoms with E-state index in [0.29, 0.717) is 16.5 Å². The SMILES string of the molecule is O=C(OCCOc1cccc2c(O)cccc12)C(F)(F)S(=O)(=O)O. The van der Waals surface area contributed by atoms with Crippen LogP contribution in [0.4, 0.5) is 8.78 Å². The molecule has 2 aromatic carbocycles. The third kappa shape index (κ3) is 3.54. The molecule has 0 bridgehead atoms. The van der Waals surface area contributed by atoms with Crippen LogP contribution < -0.4 is 4.74 Å². The maximum absolute atomic E-state index is 12.9. The zero-order valence-electron chi connectivity index (χ0n) is 12.0. The summed E-state index contributed by atoms with van der Waals surface area (Å²) >= 11 is 0. The Bertz CT molecular complexity index is 865. The number of alkyl halides is 2. The van der Waals surface area contributed by atoms with E-state index >= 15 is 0 Å². The Labute approximate surface area is 135 Å². The number of rotatable bonds is 6. The van der Waals surface area contributed by atoms with Gasteiger partial charge in [0.25, 0.3) is 0 Å². The highest BCUT2D eigenvalue weighted by molar-refractivity contribution is 7.87. The molecule has 2 rings (SSSR count). The number of fused-ring (bicyclic) bond motifs is 1. The van der Waals surface area contributed by atoms with Crippen LogP contribution in [0.25, 0.3) is 10.8 Å². The highest BCUT2D eigenvalue weighted by Gasteiger charge is 2.54. The minimum Gasteiger partial charge on any atom is -0.507 e. The van der Waals surface area contributed by atoms with E-state index in [1.54, 1.807) is 30.3 Å². The van der Waals surface area contributed by atoms with Crippen LogP contribution in [0, 0.1) is 0 Å². The molecule has 130 valence electrons.